The molecule has 0 radical (unpaired) electrons. The maximum Gasteiger partial charge on any atom is 0.472 e. The molecule has 3 unspecified atom stereocenters. The molecule has 0 saturated carbocycles. The average Bonchev–Trinajstić information content (AvgIpc) is 3.37. The molecule has 1 amide bonds. The van der Waals surface area contributed by atoms with Gasteiger partial charge in [-0.05, 0) is 89.9 Å². The Morgan fingerprint density at radius 1 is 0.467 bits per heavy atom. The molecule has 3 atom stereocenters. The predicted octanol–water partition coefficient (Wildman–Crippen LogP) is 18.9. The molecular formula is C66H116N2O6P+. The summed E-state index contributed by atoms with van der Waals surface area (Å²) in [4.78, 5) is 23.4. The number of rotatable bonds is 54. The summed E-state index contributed by atoms with van der Waals surface area (Å²) in [6.45, 7) is 4.75. The molecule has 430 valence electrons. The van der Waals surface area contributed by atoms with Crippen molar-refractivity contribution in [1.82, 2.24) is 5.32 Å². The summed E-state index contributed by atoms with van der Waals surface area (Å²) in [5, 5.41) is 14.1. The van der Waals surface area contributed by atoms with Crippen LogP contribution in [0.25, 0.3) is 0 Å². The monoisotopic (exact) mass is 1060 g/mol. The van der Waals surface area contributed by atoms with Gasteiger partial charge in [-0.1, -0.05) is 264 Å². The Morgan fingerprint density at radius 3 is 1.17 bits per heavy atom. The van der Waals surface area contributed by atoms with Gasteiger partial charge in [-0.15, -0.1) is 0 Å². The summed E-state index contributed by atoms with van der Waals surface area (Å²) in [5.41, 5.74) is 0. The second kappa shape index (κ2) is 55.6. The summed E-state index contributed by atoms with van der Waals surface area (Å²) in [6.07, 6.45) is 82.6. The van der Waals surface area contributed by atoms with Gasteiger partial charge in [0.05, 0.1) is 39.9 Å². The number of quaternary nitrogens is 1. The van der Waals surface area contributed by atoms with Gasteiger partial charge < -0.3 is 19.8 Å². The Morgan fingerprint density at radius 2 is 0.800 bits per heavy atom. The minimum absolute atomic E-state index is 0.0631. The van der Waals surface area contributed by atoms with E-state index in [0.717, 1.165) is 116 Å². The molecule has 3 N–H and O–H groups in total. The number of carbonyl (C=O) groups excluding carboxylic acids is 1. The molecule has 9 heteroatoms. The van der Waals surface area contributed by atoms with E-state index in [4.69, 9.17) is 9.05 Å². The van der Waals surface area contributed by atoms with Crippen LogP contribution in [0.1, 0.15) is 239 Å². The van der Waals surface area contributed by atoms with Gasteiger partial charge in [-0.25, -0.2) is 4.57 Å². The third-order valence-electron chi connectivity index (χ3n) is 13.0. The maximum absolute atomic E-state index is 13.0. The van der Waals surface area contributed by atoms with Gasteiger partial charge in [0.2, 0.25) is 5.91 Å². The molecule has 8 nitrogen and oxygen atoms in total. The molecule has 0 aliphatic heterocycles. The number of carbonyl (C=O) groups is 1. The number of nitrogens with zero attached hydrogens (tertiary/aromatic N) is 1. The van der Waals surface area contributed by atoms with Crippen LogP contribution in [0.4, 0.5) is 0 Å². The minimum atomic E-state index is -4.34. The number of aliphatic hydroxyl groups is 1. The van der Waals surface area contributed by atoms with Crippen molar-refractivity contribution in [2.45, 2.75) is 251 Å². The van der Waals surface area contributed by atoms with Crippen molar-refractivity contribution in [1.29, 1.82) is 0 Å². The standard InChI is InChI=1S/C66H115N2O6P/c1-6-8-10-12-14-16-18-20-22-24-26-27-28-29-30-31-32-33-34-35-36-37-38-39-40-41-42-44-46-48-50-52-54-56-58-60-66(70)67-64(63-74-75(71,72)73-62-61-68(3,4)5)65(69)59-57-55-53-51-49-47-45-43-25-23-21-19-17-15-13-11-9-7-2/h8,10,14,16,20,22,26-27,29-30,32-33,35-36,38-39,41-42,46,48,64-65,69H,6-7,9,11-13,15,17-19,21,23-25,28,31,34,37,40,43-45,47,49-63H2,1-5H3,(H-,67,70,71,72)/p+1/b10-8-,16-14-,22-20-,27-26-,30-29-,33-32-,36-35-,39-38-,42-41-,48-46-. The third kappa shape index (κ3) is 58.4. The van der Waals surface area contributed by atoms with Gasteiger partial charge in [0.25, 0.3) is 0 Å². The molecule has 0 aromatic rings. The first-order chi connectivity index (χ1) is 36.5. The van der Waals surface area contributed by atoms with Gasteiger partial charge in [-0.3, -0.25) is 13.8 Å². The van der Waals surface area contributed by atoms with Crippen molar-refractivity contribution in [3.8, 4) is 0 Å². The summed E-state index contributed by atoms with van der Waals surface area (Å²) < 4.78 is 23.8. The Balaban J connectivity index is 4.24. The van der Waals surface area contributed by atoms with E-state index in [1.54, 1.807) is 0 Å². The Hall–Kier alpha value is -3.10. The highest BCUT2D eigenvalue weighted by molar-refractivity contribution is 7.47. The lowest BCUT2D eigenvalue weighted by atomic mass is 10.0. The number of aliphatic hydroxyl groups excluding tert-OH is 1. The zero-order valence-corrected chi connectivity index (χ0v) is 49.9. The molecule has 75 heavy (non-hydrogen) atoms. The molecule has 0 aromatic carbocycles. The average molecular weight is 1060 g/mol. The van der Waals surface area contributed by atoms with Crippen LogP contribution in [-0.2, 0) is 18.4 Å². The number of allylic oxidation sites excluding steroid dienone is 20. The summed E-state index contributed by atoms with van der Waals surface area (Å²) in [7, 11) is 1.58. The van der Waals surface area contributed by atoms with Crippen LogP contribution in [0.15, 0.2) is 122 Å². The largest absolute Gasteiger partial charge is 0.472 e. The number of hydrogen-bond acceptors (Lipinski definition) is 5. The van der Waals surface area contributed by atoms with Crippen LogP contribution in [0.5, 0.6) is 0 Å². The zero-order chi connectivity index (χ0) is 54.9. The normalized spacial score (nSPS) is 14.7. The van der Waals surface area contributed by atoms with Gasteiger partial charge >= 0.3 is 7.82 Å². The minimum Gasteiger partial charge on any atom is -0.391 e. The van der Waals surface area contributed by atoms with E-state index in [1.165, 1.54) is 96.3 Å². The predicted molar refractivity (Wildman–Crippen MR) is 327 cm³/mol. The molecule has 0 aromatic heterocycles. The summed E-state index contributed by atoms with van der Waals surface area (Å²) in [6, 6.07) is -0.784. The molecule has 0 heterocycles. The van der Waals surface area contributed by atoms with Crippen LogP contribution >= 0.6 is 7.82 Å². The van der Waals surface area contributed by atoms with Crippen LogP contribution in [0, 0.1) is 0 Å². The van der Waals surface area contributed by atoms with E-state index in [9.17, 15) is 19.4 Å². The summed E-state index contributed by atoms with van der Waals surface area (Å²) >= 11 is 0. The fraction of sp³-hybridized carbons (Fsp3) is 0.682. The molecule has 0 rings (SSSR count). The smallest absolute Gasteiger partial charge is 0.391 e. The van der Waals surface area contributed by atoms with Crippen molar-refractivity contribution in [2.24, 2.45) is 0 Å². The molecule has 0 fully saturated rings. The second-order valence-corrected chi connectivity index (χ2v) is 22.8. The lowest BCUT2D eigenvalue weighted by molar-refractivity contribution is -0.870. The molecule has 0 spiro atoms. The highest BCUT2D eigenvalue weighted by Gasteiger charge is 2.28. The number of likely N-dealkylation sites (N-methyl/N-ethyl adjacent to an activating group) is 1. The molecule has 0 aliphatic carbocycles. The first-order valence-electron chi connectivity index (χ1n) is 30.4. The quantitative estimate of drug-likeness (QED) is 0.0243. The number of nitrogens with one attached hydrogen (secondary N) is 1. The highest BCUT2D eigenvalue weighted by atomic mass is 31.2. The fourth-order valence-electron chi connectivity index (χ4n) is 8.25. The molecular weight excluding hydrogens is 948 g/mol. The van der Waals surface area contributed by atoms with Crippen LogP contribution in [-0.4, -0.2) is 73.4 Å². The number of amides is 1. The fourth-order valence-corrected chi connectivity index (χ4v) is 8.99. The van der Waals surface area contributed by atoms with Crippen LogP contribution in [0.3, 0.4) is 0 Å². The highest BCUT2D eigenvalue weighted by Crippen LogP contribution is 2.43. The van der Waals surface area contributed by atoms with E-state index in [-0.39, 0.29) is 19.1 Å². The summed E-state index contributed by atoms with van der Waals surface area (Å²) in [5.74, 6) is -0.172. The van der Waals surface area contributed by atoms with Crippen molar-refractivity contribution in [3.05, 3.63) is 122 Å². The molecule has 0 bridgehead atoms. The van der Waals surface area contributed by atoms with Crippen molar-refractivity contribution < 1.29 is 32.9 Å². The number of unbranched alkanes of at least 4 members (excludes halogenated alkanes) is 21. The lowest BCUT2D eigenvalue weighted by Gasteiger charge is -2.26. The first-order valence-corrected chi connectivity index (χ1v) is 31.9. The Labute approximate surface area is 463 Å². The van der Waals surface area contributed by atoms with Crippen LogP contribution in [0.2, 0.25) is 0 Å². The number of phosphoric ester groups is 1. The van der Waals surface area contributed by atoms with E-state index >= 15 is 0 Å². The molecule has 0 saturated heterocycles. The zero-order valence-electron chi connectivity index (χ0n) is 49.0. The SMILES string of the molecule is CC/C=C\C/C=C\C/C=C\C/C=C\C/C=C\C/C=C\C/C=C\C/C=C\C/C=C\C/C=C\CCCCCCC(=O)NC(COP(=O)(O)OCC[N+](C)(C)C)C(O)CCCCCCCCCCCCCCCCCCCC. The maximum atomic E-state index is 13.0. The Bertz CT molecular complexity index is 1630. The van der Waals surface area contributed by atoms with Crippen molar-refractivity contribution in [3.63, 3.8) is 0 Å². The van der Waals surface area contributed by atoms with Crippen molar-refractivity contribution in [2.75, 3.05) is 40.9 Å². The van der Waals surface area contributed by atoms with Crippen molar-refractivity contribution >= 4 is 13.7 Å². The van der Waals surface area contributed by atoms with Gasteiger partial charge in [0.1, 0.15) is 13.2 Å². The van der Waals surface area contributed by atoms with Gasteiger partial charge in [-0.2, -0.15) is 0 Å². The van der Waals surface area contributed by atoms with E-state index < -0.39 is 20.0 Å². The molecule has 0 aliphatic rings. The van der Waals surface area contributed by atoms with E-state index in [0.29, 0.717) is 23.9 Å². The van der Waals surface area contributed by atoms with Gasteiger partial charge in [0.15, 0.2) is 0 Å². The van der Waals surface area contributed by atoms with E-state index in [2.05, 4.69) is 141 Å². The number of phosphoric acid groups is 1. The lowest BCUT2D eigenvalue weighted by Crippen LogP contribution is -2.46. The van der Waals surface area contributed by atoms with Gasteiger partial charge in [0, 0.05) is 6.42 Å². The first kappa shape index (κ1) is 71.9. The Kier molecular flexibility index (Phi) is 53.3. The topological polar surface area (TPSA) is 105 Å². The number of hydrogen-bond donors (Lipinski definition) is 3. The van der Waals surface area contributed by atoms with E-state index in [1.807, 2.05) is 21.1 Å². The third-order valence-corrected chi connectivity index (χ3v) is 14.0. The van der Waals surface area contributed by atoms with Crippen LogP contribution < -0.4 is 5.32 Å². The second-order valence-electron chi connectivity index (χ2n) is 21.3.